The Morgan fingerprint density at radius 2 is 1.73 bits per heavy atom. The van der Waals surface area contributed by atoms with Crippen LogP contribution in [-0.2, 0) is 45.7 Å². The first-order valence-corrected chi connectivity index (χ1v) is 20.8. The van der Waals surface area contributed by atoms with Crippen LogP contribution < -0.4 is 31.9 Å². The third-order valence-electron chi connectivity index (χ3n) is 10.9. The van der Waals surface area contributed by atoms with Crippen LogP contribution >= 0.6 is 22.9 Å². The highest BCUT2D eigenvalue weighted by atomic mass is 35.5. The van der Waals surface area contributed by atoms with Crippen molar-refractivity contribution in [3.8, 4) is 11.3 Å². The lowest BCUT2D eigenvalue weighted by Gasteiger charge is -2.29. The Morgan fingerprint density at radius 1 is 0.964 bits per heavy atom. The van der Waals surface area contributed by atoms with Crippen LogP contribution in [0.2, 0.25) is 5.02 Å². The van der Waals surface area contributed by atoms with Gasteiger partial charge in [-0.2, -0.15) is 5.10 Å². The van der Waals surface area contributed by atoms with Crippen LogP contribution in [0.1, 0.15) is 90.0 Å². The van der Waals surface area contributed by atoms with E-state index in [-0.39, 0.29) is 55.2 Å². The monoisotopic (exact) mass is 807 g/mol. The van der Waals surface area contributed by atoms with Crippen LogP contribution in [0.4, 0.5) is 5.95 Å². The number of nitrogens with zero attached hydrogens (tertiary/aromatic N) is 5. The highest BCUT2D eigenvalue weighted by Gasteiger charge is 2.40. The number of hydrogen-bond acceptors (Lipinski definition) is 12. The predicted octanol–water partition coefficient (Wildman–Crippen LogP) is 2.42. The summed E-state index contributed by atoms with van der Waals surface area (Å²) in [6.45, 7) is 2.29. The van der Waals surface area contributed by atoms with Gasteiger partial charge in [-0.15, -0.1) is 11.3 Å². The third-order valence-corrected chi connectivity index (χ3v) is 12.4. The van der Waals surface area contributed by atoms with Crippen LogP contribution in [0, 0.1) is 5.92 Å². The van der Waals surface area contributed by atoms with Crippen molar-refractivity contribution in [3.05, 3.63) is 44.5 Å². The molecule has 2 aliphatic carbocycles. The number of rotatable bonds is 18. The largest absolute Gasteiger partial charge is 0.355 e. The minimum absolute atomic E-state index is 0.0268. The van der Waals surface area contributed by atoms with Crippen molar-refractivity contribution in [2.45, 2.75) is 102 Å². The third kappa shape index (κ3) is 10.1. The Hall–Kier alpha value is -4.45. The molecule has 3 fully saturated rings. The van der Waals surface area contributed by atoms with Crippen LogP contribution in [0.25, 0.3) is 11.3 Å². The van der Waals surface area contributed by atoms with E-state index in [1.54, 1.807) is 6.20 Å². The minimum Gasteiger partial charge on any atom is -0.355 e. The molecule has 0 aromatic carbocycles. The number of carbonyl (C=O) groups excluding carboxylic acids is 5. The number of carbonyl (C=O) groups is 5. The second-order valence-electron chi connectivity index (χ2n) is 15.2. The van der Waals surface area contributed by atoms with E-state index in [0.717, 1.165) is 66.6 Å². The Kier molecular flexibility index (Phi) is 12.9. The minimum atomic E-state index is -0.635. The molecule has 1 atom stereocenters. The fraction of sp³-hybridized carbons (Fsp3) is 0.579. The molecule has 4 aliphatic rings. The van der Waals surface area contributed by atoms with E-state index >= 15 is 0 Å². The summed E-state index contributed by atoms with van der Waals surface area (Å²) < 4.78 is 1.92. The zero-order valence-corrected chi connectivity index (χ0v) is 33.2. The maximum absolute atomic E-state index is 12.9. The Bertz CT molecular complexity index is 1940. The molecular weight excluding hydrogens is 758 g/mol. The van der Waals surface area contributed by atoms with Gasteiger partial charge in [0.25, 0.3) is 5.91 Å². The number of hydrogen-bond donors (Lipinski definition) is 6. The number of thiophene rings is 1. The number of fused-ring (bicyclic) bond motifs is 1. The highest BCUT2D eigenvalue weighted by Crippen LogP contribution is 2.37. The number of aryl methyl sites for hydroxylation is 1. The number of halogens is 1. The van der Waals surface area contributed by atoms with Gasteiger partial charge in [0.15, 0.2) is 0 Å². The molecular formula is C38H50ClN11O5S. The van der Waals surface area contributed by atoms with E-state index < -0.39 is 11.9 Å². The summed E-state index contributed by atoms with van der Waals surface area (Å²) in [7, 11) is 1.97. The normalized spacial score (nSPS) is 20.9. The number of anilines is 1. The van der Waals surface area contributed by atoms with Gasteiger partial charge < -0.3 is 31.5 Å². The van der Waals surface area contributed by atoms with E-state index in [9.17, 15) is 24.0 Å². The van der Waals surface area contributed by atoms with Crippen LogP contribution in [-0.4, -0.2) is 98.5 Å². The van der Waals surface area contributed by atoms with Gasteiger partial charge in [-0.05, 0) is 88.3 Å². The standard InChI is InChI=1S/C38H50ClN11O5S/c1-49-30(14-22-4-5-22)27(17-45-49)34-28(39)18-44-38(48-34)46-25-8-6-24(7-9-25)42-20-33(53)41-13-3-2-12-40-19-32(52)43-16-26-15-23-21-50(37(55)35(23)56-26)29-10-11-31(51)47-36(29)54/h15,17-18,22,24-25,29,40,42H,2-14,16,19-21H2,1H3,(H,41,53)(H,43,52)(H,44,46,48)(H,47,51,54)/t24-,25-,29?. The van der Waals surface area contributed by atoms with Crippen LogP contribution in [0.5, 0.6) is 0 Å². The van der Waals surface area contributed by atoms with Gasteiger partial charge in [-0.3, -0.25) is 34.0 Å². The molecule has 5 amide bonds. The van der Waals surface area contributed by atoms with Gasteiger partial charge in [0.2, 0.25) is 29.6 Å². The number of aromatic nitrogens is 4. The second kappa shape index (κ2) is 18.2. The van der Waals surface area contributed by atoms with Crippen molar-refractivity contribution in [3.63, 3.8) is 0 Å². The zero-order chi connectivity index (χ0) is 39.2. The van der Waals surface area contributed by atoms with Gasteiger partial charge in [-0.1, -0.05) is 11.6 Å². The van der Waals surface area contributed by atoms with Gasteiger partial charge in [0.05, 0.1) is 47.6 Å². The maximum Gasteiger partial charge on any atom is 0.265 e. The average Bonchev–Trinajstić information content (AvgIpc) is 3.70. The van der Waals surface area contributed by atoms with E-state index in [1.807, 2.05) is 24.0 Å². The molecule has 7 rings (SSSR count). The van der Waals surface area contributed by atoms with Crippen molar-refractivity contribution in [2.24, 2.45) is 13.0 Å². The molecule has 300 valence electrons. The Morgan fingerprint density at radius 3 is 2.50 bits per heavy atom. The van der Waals surface area contributed by atoms with Gasteiger partial charge in [0, 0.05) is 54.8 Å². The molecule has 0 bridgehead atoms. The summed E-state index contributed by atoms with van der Waals surface area (Å²) in [5, 5.41) is 23.2. The maximum atomic E-state index is 12.9. The zero-order valence-electron chi connectivity index (χ0n) is 31.6. The van der Waals surface area contributed by atoms with Crippen LogP contribution in [0.15, 0.2) is 18.5 Å². The fourth-order valence-electron chi connectivity index (χ4n) is 7.59. The molecule has 3 aromatic rings. The van der Waals surface area contributed by atoms with Gasteiger partial charge in [-0.25, -0.2) is 9.97 Å². The van der Waals surface area contributed by atoms with E-state index in [2.05, 4.69) is 42.0 Å². The van der Waals surface area contributed by atoms with Crippen molar-refractivity contribution < 1.29 is 24.0 Å². The van der Waals surface area contributed by atoms with Crippen molar-refractivity contribution in [2.75, 3.05) is 31.5 Å². The molecule has 1 saturated heterocycles. The number of piperidine rings is 1. The molecule has 0 radical (unpaired) electrons. The first kappa shape index (κ1) is 39.8. The quantitative estimate of drug-likeness (QED) is 0.0814. The second-order valence-corrected chi connectivity index (χ2v) is 16.8. The molecule has 0 spiro atoms. The summed E-state index contributed by atoms with van der Waals surface area (Å²) in [5.74, 6) is 0.159. The molecule has 56 heavy (non-hydrogen) atoms. The summed E-state index contributed by atoms with van der Waals surface area (Å²) in [4.78, 5) is 73.7. The molecule has 3 aromatic heterocycles. The summed E-state index contributed by atoms with van der Waals surface area (Å²) >= 11 is 7.87. The number of unbranched alkanes of at least 4 members (excludes halogenated alkanes) is 1. The molecule has 1 unspecified atom stereocenters. The van der Waals surface area contributed by atoms with Crippen molar-refractivity contribution in [1.82, 2.24) is 51.2 Å². The molecule has 6 N–H and O–H groups in total. The lowest BCUT2D eigenvalue weighted by atomic mass is 9.91. The van der Waals surface area contributed by atoms with Crippen LogP contribution in [0.3, 0.4) is 0 Å². The molecule has 18 heteroatoms. The first-order chi connectivity index (χ1) is 27.1. The highest BCUT2D eigenvalue weighted by molar-refractivity contribution is 7.14. The summed E-state index contributed by atoms with van der Waals surface area (Å²) in [5.41, 5.74) is 3.68. The van der Waals surface area contributed by atoms with E-state index in [0.29, 0.717) is 60.1 Å². The Labute approximate surface area is 334 Å². The first-order valence-electron chi connectivity index (χ1n) is 19.6. The van der Waals surface area contributed by atoms with Crippen molar-refractivity contribution in [1.29, 1.82) is 0 Å². The lowest BCUT2D eigenvalue weighted by molar-refractivity contribution is -0.137. The summed E-state index contributed by atoms with van der Waals surface area (Å²) in [6.07, 6.45) is 12.9. The molecule has 16 nitrogen and oxygen atoms in total. The molecule has 5 heterocycles. The van der Waals surface area contributed by atoms with Crippen molar-refractivity contribution >= 4 is 58.4 Å². The van der Waals surface area contributed by atoms with E-state index in [4.69, 9.17) is 16.6 Å². The topological polar surface area (TPSA) is 204 Å². The summed E-state index contributed by atoms with van der Waals surface area (Å²) in [6, 6.07) is 1.78. The average molecular weight is 808 g/mol. The number of nitrogens with one attached hydrogen (secondary N) is 6. The molecule has 2 saturated carbocycles. The van der Waals surface area contributed by atoms with E-state index in [1.165, 1.54) is 29.1 Å². The molecule has 2 aliphatic heterocycles. The smallest absolute Gasteiger partial charge is 0.265 e. The predicted molar refractivity (Wildman–Crippen MR) is 211 cm³/mol. The fourth-order valence-corrected chi connectivity index (χ4v) is 8.85. The van der Waals surface area contributed by atoms with Gasteiger partial charge in [0.1, 0.15) is 6.04 Å². The number of amides is 5. The SMILES string of the molecule is Cn1ncc(-c2nc(N[C@H]3CC[C@H](NCC(=O)NCCCCNCC(=O)NCc4cc5c(s4)C(=O)N(C4CCC(=O)NC4=O)C5)CC3)ncc2Cl)c1CC1CC1. The van der Waals surface area contributed by atoms with Gasteiger partial charge >= 0.3 is 0 Å². The number of imide groups is 1. The lowest BCUT2D eigenvalue weighted by Crippen LogP contribution is -2.52. The Balaban J connectivity index is 0.714.